The maximum Gasteiger partial charge on any atom is 0.209 e. The van der Waals surface area contributed by atoms with Crippen LogP contribution >= 0.6 is 11.8 Å². The van der Waals surface area contributed by atoms with E-state index in [2.05, 4.69) is 15.5 Å². The van der Waals surface area contributed by atoms with Crippen molar-refractivity contribution in [2.24, 2.45) is 0 Å². The largest absolute Gasteiger partial charge is 0.491 e. The molecule has 0 radical (unpaired) electrons. The molecule has 0 aliphatic heterocycles. The Morgan fingerprint density at radius 3 is 3.00 bits per heavy atom. The van der Waals surface area contributed by atoms with E-state index in [9.17, 15) is 0 Å². The fourth-order valence-electron chi connectivity index (χ4n) is 1.85. The third-order valence-electron chi connectivity index (χ3n) is 3.05. The first-order valence-corrected chi connectivity index (χ1v) is 7.71. The molecule has 1 aliphatic rings. The Kier molecular flexibility index (Phi) is 4.05. The standard InChI is InChI=1S/C13H17N5OS/c14-11-4-1-2-5-12(11)19-8-3-9-20-13-15-16-17-18(13)10-6-7-10/h1-2,4-5,10H,3,6-9,14H2. The van der Waals surface area contributed by atoms with E-state index in [4.69, 9.17) is 10.5 Å². The smallest absolute Gasteiger partial charge is 0.209 e. The molecule has 0 amide bonds. The van der Waals surface area contributed by atoms with Crippen LogP contribution in [0.4, 0.5) is 5.69 Å². The van der Waals surface area contributed by atoms with Crippen molar-refractivity contribution in [2.75, 3.05) is 18.1 Å². The Balaban J connectivity index is 1.40. The summed E-state index contributed by atoms with van der Waals surface area (Å²) in [5.74, 6) is 1.68. The Hall–Kier alpha value is -1.76. The summed E-state index contributed by atoms with van der Waals surface area (Å²) >= 11 is 1.68. The third-order valence-corrected chi connectivity index (χ3v) is 4.07. The van der Waals surface area contributed by atoms with Gasteiger partial charge in [0.15, 0.2) is 0 Å². The van der Waals surface area contributed by atoms with Crippen LogP contribution in [0.5, 0.6) is 5.75 Å². The number of rotatable bonds is 7. The zero-order valence-corrected chi connectivity index (χ0v) is 11.9. The van der Waals surface area contributed by atoms with Gasteiger partial charge in [-0.15, -0.1) is 5.10 Å². The van der Waals surface area contributed by atoms with Gasteiger partial charge in [0.05, 0.1) is 18.3 Å². The van der Waals surface area contributed by atoms with Crippen molar-refractivity contribution in [3.8, 4) is 5.75 Å². The van der Waals surface area contributed by atoms with Crippen molar-refractivity contribution in [1.29, 1.82) is 0 Å². The van der Waals surface area contributed by atoms with Gasteiger partial charge in [-0.2, -0.15) is 0 Å². The molecule has 1 aliphatic carbocycles. The number of anilines is 1. The van der Waals surface area contributed by atoms with Crippen LogP contribution in [-0.2, 0) is 0 Å². The first kappa shape index (κ1) is 13.2. The maximum atomic E-state index is 5.81. The molecular formula is C13H17N5OS. The predicted octanol–water partition coefficient (Wildman–Crippen LogP) is 2.15. The number of nitrogen functional groups attached to an aromatic ring is 1. The van der Waals surface area contributed by atoms with Crippen molar-refractivity contribution in [3.63, 3.8) is 0 Å². The highest BCUT2D eigenvalue weighted by Gasteiger charge is 2.27. The summed E-state index contributed by atoms with van der Waals surface area (Å²) in [6.45, 7) is 0.645. The van der Waals surface area contributed by atoms with Gasteiger partial charge in [-0.25, -0.2) is 4.68 Å². The van der Waals surface area contributed by atoms with E-state index in [1.807, 2.05) is 28.9 Å². The Morgan fingerprint density at radius 2 is 2.20 bits per heavy atom. The quantitative estimate of drug-likeness (QED) is 0.478. The lowest BCUT2D eigenvalue weighted by molar-refractivity contribution is 0.320. The number of hydrogen-bond donors (Lipinski definition) is 1. The van der Waals surface area contributed by atoms with Gasteiger partial charge in [-0.3, -0.25) is 0 Å². The van der Waals surface area contributed by atoms with Gasteiger partial charge in [0, 0.05) is 5.75 Å². The highest BCUT2D eigenvalue weighted by atomic mass is 32.2. The second kappa shape index (κ2) is 6.13. The minimum Gasteiger partial charge on any atom is -0.491 e. The number of nitrogens with two attached hydrogens (primary N) is 1. The summed E-state index contributed by atoms with van der Waals surface area (Å²) < 4.78 is 7.58. The van der Waals surface area contributed by atoms with Crippen LogP contribution in [0.15, 0.2) is 29.4 Å². The third kappa shape index (κ3) is 3.22. The molecule has 7 heteroatoms. The topological polar surface area (TPSA) is 78.8 Å². The van der Waals surface area contributed by atoms with Gasteiger partial charge in [-0.05, 0) is 41.8 Å². The molecule has 1 heterocycles. The van der Waals surface area contributed by atoms with E-state index in [1.165, 1.54) is 12.8 Å². The summed E-state index contributed by atoms with van der Waals surface area (Å²) in [7, 11) is 0. The van der Waals surface area contributed by atoms with Gasteiger partial charge < -0.3 is 10.5 Å². The zero-order chi connectivity index (χ0) is 13.8. The normalized spacial score (nSPS) is 14.4. The molecule has 3 rings (SSSR count). The monoisotopic (exact) mass is 291 g/mol. The Labute approximate surface area is 121 Å². The van der Waals surface area contributed by atoms with E-state index in [-0.39, 0.29) is 0 Å². The number of aromatic nitrogens is 4. The van der Waals surface area contributed by atoms with Crippen molar-refractivity contribution in [1.82, 2.24) is 20.2 Å². The number of hydrogen-bond acceptors (Lipinski definition) is 6. The molecule has 106 valence electrons. The molecule has 0 bridgehead atoms. The molecular weight excluding hydrogens is 274 g/mol. The van der Waals surface area contributed by atoms with E-state index in [1.54, 1.807) is 11.8 Å². The zero-order valence-electron chi connectivity index (χ0n) is 11.1. The van der Waals surface area contributed by atoms with Crippen LogP contribution < -0.4 is 10.5 Å². The molecule has 0 saturated heterocycles. The van der Waals surface area contributed by atoms with E-state index >= 15 is 0 Å². The van der Waals surface area contributed by atoms with Gasteiger partial charge >= 0.3 is 0 Å². The van der Waals surface area contributed by atoms with Crippen molar-refractivity contribution < 1.29 is 4.74 Å². The highest BCUT2D eigenvalue weighted by molar-refractivity contribution is 7.99. The molecule has 1 aromatic carbocycles. The summed E-state index contributed by atoms with van der Waals surface area (Å²) in [5.41, 5.74) is 6.49. The lowest BCUT2D eigenvalue weighted by atomic mass is 10.3. The first-order valence-electron chi connectivity index (χ1n) is 6.72. The molecule has 0 spiro atoms. The Bertz CT molecular complexity index is 569. The van der Waals surface area contributed by atoms with E-state index < -0.39 is 0 Å². The lowest BCUT2D eigenvalue weighted by Gasteiger charge is -2.08. The molecule has 0 unspecified atom stereocenters. The highest BCUT2D eigenvalue weighted by Crippen LogP contribution is 2.36. The van der Waals surface area contributed by atoms with Crippen LogP contribution in [-0.4, -0.2) is 32.6 Å². The number of ether oxygens (including phenoxy) is 1. The first-order chi connectivity index (χ1) is 9.84. The molecule has 0 atom stereocenters. The number of para-hydroxylation sites is 2. The molecule has 1 aromatic heterocycles. The summed E-state index contributed by atoms with van der Waals surface area (Å²) in [4.78, 5) is 0. The van der Waals surface area contributed by atoms with Crippen molar-refractivity contribution in [3.05, 3.63) is 24.3 Å². The minimum absolute atomic E-state index is 0.521. The van der Waals surface area contributed by atoms with E-state index in [0.29, 0.717) is 18.3 Å². The van der Waals surface area contributed by atoms with Crippen LogP contribution in [0.1, 0.15) is 25.3 Å². The summed E-state index contributed by atoms with van der Waals surface area (Å²) in [6, 6.07) is 8.07. The number of thioether (sulfide) groups is 1. The maximum absolute atomic E-state index is 5.81. The molecule has 20 heavy (non-hydrogen) atoms. The lowest BCUT2D eigenvalue weighted by Crippen LogP contribution is -2.02. The SMILES string of the molecule is Nc1ccccc1OCCCSc1nnnn1C1CC1. The predicted molar refractivity (Wildman–Crippen MR) is 77.8 cm³/mol. The average Bonchev–Trinajstić information content (AvgIpc) is 3.20. The van der Waals surface area contributed by atoms with Crippen LogP contribution in [0.3, 0.4) is 0 Å². The summed E-state index contributed by atoms with van der Waals surface area (Å²) in [6.07, 6.45) is 3.31. The van der Waals surface area contributed by atoms with Crippen molar-refractivity contribution >= 4 is 17.4 Å². The van der Waals surface area contributed by atoms with Crippen LogP contribution in [0, 0.1) is 0 Å². The molecule has 6 nitrogen and oxygen atoms in total. The Morgan fingerprint density at radius 1 is 1.35 bits per heavy atom. The second-order valence-corrected chi connectivity index (χ2v) is 5.79. The van der Waals surface area contributed by atoms with Gasteiger partial charge in [-0.1, -0.05) is 23.9 Å². The molecule has 1 saturated carbocycles. The molecule has 2 N–H and O–H groups in total. The fraction of sp³-hybridized carbons (Fsp3) is 0.462. The van der Waals surface area contributed by atoms with Gasteiger partial charge in [0.2, 0.25) is 5.16 Å². The summed E-state index contributed by atoms with van der Waals surface area (Å²) in [5, 5.41) is 12.7. The van der Waals surface area contributed by atoms with Crippen molar-refractivity contribution in [2.45, 2.75) is 30.5 Å². The van der Waals surface area contributed by atoms with Gasteiger partial charge in [0.25, 0.3) is 0 Å². The number of benzene rings is 1. The van der Waals surface area contributed by atoms with Crippen LogP contribution in [0.25, 0.3) is 0 Å². The minimum atomic E-state index is 0.521. The van der Waals surface area contributed by atoms with E-state index in [0.717, 1.165) is 23.1 Å². The average molecular weight is 291 g/mol. The fourth-order valence-corrected chi connectivity index (χ4v) is 2.70. The molecule has 2 aromatic rings. The number of tetrazole rings is 1. The number of nitrogens with zero attached hydrogens (tertiary/aromatic N) is 4. The van der Waals surface area contributed by atoms with Crippen LogP contribution in [0.2, 0.25) is 0 Å². The second-order valence-electron chi connectivity index (χ2n) is 4.73. The molecule has 1 fully saturated rings. The van der Waals surface area contributed by atoms with Gasteiger partial charge in [0.1, 0.15) is 5.75 Å².